The number of nitrogens with zero attached hydrogens (tertiary/aromatic N) is 3. The van der Waals surface area contributed by atoms with E-state index < -0.39 is 5.97 Å². The van der Waals surface area contributed by atoms with Crippen molar-refractivity contribution in [2.75, 3.05) is 23.3 Å². The minimum atomic E-state index is -0.709. The number of aliphatic carboxylic acids is 1. The lowest BCUT2D eigenvalue weighted by Gasteiger charge is -2.31. The first-order valence-electron chi connectivity index (χ1n) is 8.29. The van der Waals surface area contributed by atoms with Crippen LogP contribution in [0.15, 0.2) is 24.3 Å². The van der Waals surface area contributed by atoms with E-state index in [2.05, 4.69) is 20.2 Å². The van der Waals surface area contributed by atoms with Crippen molar-refractivity contribution in [3.8, 4) is 0 Å². The molecule has 0 atom stereocenters. The van der Waals surface area contributed by atoms with Crippen LogP contribution in [-0.4, -0.2) is 34.1 Å². The maximum atomic E-state index is 11.1. The molecule has 0 saturated carbocycles. The van der Waals surface area contributed by atoms with Gasteiger partial charge >= 0.3 is 5.97 Å². The van der Waals surface area contributed by atoms with Gasteiger partial charge in [0.05, 0.1) is 5.92 Å². The number of hydrogen-bond donors (Lipinski definition) is 2. The van der Waals surface area contributed by atoms with Gasteiger partial charge in [-0.3, -0.25) is 4.79 Å². The SMILES string of the molecule is Cc1nc(Nc2ccc(Cl)cc2C)cc(N2CCC(C(=O)O)CC2)n1. The first-order valence-corrected chi connectivity index (χ1v) is 8.67. The van der Waals surface area contributed by atoms with Crippen molar-refractivity contribution in [1.29, 1.82) is 0 Å². The Labute approximate surface area is 151 Å². The molecule has 1 fully saturated rings. The third kappa shape index (κ3) is 4.20. The van der Waals surface area contributed by atoms with E-state index in [1.54, 1.807) is 0 Å². The standard InChI is InChI=1S/C18H21ClN4O2/c1-11-9-14(19)3-4-15(11)22-16-10-17(21-12(2)20-16)23-7-5-13(6-8-23)18(24)25/h3-4,9-10,13H,5-8H2,1-2H3,(H,24,25)(H,20,21,22). The molecular weight excluding hydrogens is 340 g/mol. The lowest BCUT2D eigenvalue weighted by molar-refractivity contribution is -0.142. The van der Waals surface area contributed by atoms with Crippen molar-refractivity contribution in [1.82, 2.24) is 9.97 Å². The fourth-order valence-corrected chi connectivity index (χ4v) is 3.27. The van der Waals surface area contributed by atoms with Crippen molar-refractivity contribution >= 4 is 34.9 Å². The van der Waals surface area contributed by atoms with Crippen LogP contribution >= 0.6 is 11.6 Å². The Bertz CT molecular complexity index is 789. The average Bonchev–Trinajstić information content (AvgIpc) is 2.57. The van der Waals surface area contributed by atoms with E-state index in [1.807, 2.05) is 38.1 Å². The summed E-state index contributed by atoms with van der Waals surface area (Å²) in [6.07, 6.45) is 1.27. The maximum absolute atomic E-state index is 11.1. The number of benzene rings is 1. The molecule has 2 N–H and O–H groups in total. The first-order chi connectivity index (χ1) is 11.9. The Morgan fingerprint density at radius 1 is 1.24 bits per heavy atom. The van der Waals surface area contributed by atoms with E-state index in [-0.39, 0.29) is 5.92 Å². The molecule has 2 heterocycles. The van der Waals surface area contributed by atoms with Gasteiger partial charge in [-0.05, 0) is 50.5 Å². The summed E-state index contributed by atoms with van der Waals surface area (Å²) >= 11 is 6.00. The highest BCUT2D eigenvalue weighted by molar-refractivity contribution is 6.30. The number of halogens is 1. The number of nitrogens with one attached hydrogen (secondary N) is 1. The summed E-state index contributed by atoms with van der Waals surface area (Å²) in [6.45, 7) is 5.22. The van der Waals surface area contributed by atoms with Gasteiger partial charge in [-0.25, -0.2) is 9.97 Å². The predicted molar refractivity (Wildman–Crippen MR) is 98.8 cm³/mol. The van der Waals surface area contributed by atoms with Crippen LogP contribution in [0.4, 0.5) is 17.3 Å². The van der Waals surface area contributed by atoms with Gasteiger partial charge in [-0.2, -0.15) is 0 Å². The lowest BCUT2D eigenvalue weighted by Crippen LogP contribution is -2.36. The number of rotatable bonds is 4. The van der Waals surface area contributed by atoms with E-state index in [4.69, 9.17) is 16.7 Å². The predicted octanol–water partition coefficient (Wildman–Crippen LogP) is 3.79. The molecular formula is C18H21ClN4O2. The quantitative estimate of drug-likeness (QED) is 0.863. The minimum absolute atomic E-state index is 0.256. The van der Waals surface area contributed by atoms with Crippen molar-refractivity contribution in [3.63, 3.8) is 0 Å². The summed E-state index contributed by atoms with van der Waals surface area (Å²) in [5.41, 5.74) is 1.98. The Hall–Kier alpha value is -2.34. The Morgan fingerprint density at radius 3 is 2.60 bits per heavy atom. The molecule has 25 heavy (non-hydrogen) atoms. The summed E-state index contributed by atoms with van der Waals surface area (Å²) in [4.78, 5) is 22.2. The molecule has 1 aliphatic rings. The number of aryl methyl sites for hydroxylation is 2. The number of anilines is 3. The molecule has 1 saturated heterocycles. The van der Waals surface area contributed by atoms with Crippen LogP contribution in [0.2, 0.25) is 5.02 Å². The van der Waals surface area contributed by atoms with E-state index in [0.29, 0.717) is 42.6 Å². The molecule has 6 nitrogen and oxygen atoms in total. The number of aromatic nitrogens is 2. The molecule has 0 unspecified atom stereocenters. The van der Waals surface area contributed by atoms with Crippen LogP contribution in [0.5, 0.6) is 0 Å². The average molecular weight is 361 g/mol. The molecule has 0 spiro atoms. The second-order valence-electron chi connectivity index (χ2n) is 6.34. The summed E-state index contributed by atoms with van der Waals surface area (Å²) in [5, 5.41) is 13.1. The van der Waals surface area contributed by atoms with Crippen molar-refractivity contribution in [2.24, 2.45) is 5.92 Å². The third-order valence-corrected chi connectivity index (χ3v) is 4.68. The summed E-state index contributed by atoms with van der Waals surface area (Å²) in [7, 11) is 0. The van der Waals surface area contributed by atoms with Crippen molar-refractivity contribution in [3.05, 3.63) is 40.7 Å². The Balaban J connectivity index is 1.78. The molecule has 0 bridgehead atoms. The molecule has 1 aliphatic heterocycles. The van der Waals surface area contributed by atoms with Gasteiger partial charge in [0.1, 0.15) is 17.5 Å². The van der Waals surface area contributed by atoms with Crippen molar-refractivity contribution < 1.29 is 9.90 Å². The van der Waals surface area contributed by atoms with E-state index >= 15 is 0 Å². The summed E-state index contributed by atoms with van der Waals surface area (Å²) in [5.74, 6) is 1.25. The van der Waals surface area contributed by atoms with Gasteiger partial charge in [0.25, 0.3) is 0 Å². The molecule has 0 aliphatic carbocycles. The second-order valence-corrected chi connectivity index (χ2v) is 6.78. The normalized spacial score (nSPS) is 15.2. The molecule has 1 aromatic carbocycles. The highest BCUT2D eigenvalue weighted by atomic mass is 35.5. The van der Waals surface area contributed by atoms with Crippen LogP contribution in [0.1, 0.15) is 24.2 Å². The van der Waals surface area contributed by atoms with Crippen LogP contribution in [0.3, 0.4) is 0 Å². The number of carboxylic acids is 1. The number of carboxylic acid groups (broad SMARTS) is 1. The van der Waals surface area contributed by atoms with Crippen LogP contribution < -0.4 is 10.2 Å². The van der Waals surface area contributed by atoms with Crippen LogP contribution in [-0.2, 0) is 4.79 Å². The zero-order valence-electron chi connectivity index (χ0n) is 14.3. The highest BCUT2D eigenvalue weighted by Crippen LogP contribution is 2.27. The monoisotopic (exact) mass is 360 g/mol. The number of carbonyl (C=O) groups is 1. The topological polar surface area (TPSA) is 78.4 Å². The van der Waals surface area contributed by atoms with Gasteiger partial charge in [0.2, 0.25) is 0 Å². The van der Waals surface area contributed by atoms with Gasteiger partial charge in [-0.15, -0.1) is 0 Å². The smallest absolute Gasteiger partial charge is 0.306 e. The molecule has 0 radical (unpaired) electrons. The summed E-state index contributed by atoms with van der Waals surface area (Å²) < 4.78 is 0. The van der Waals surface area contributed by atoms with Gasteiger partial charge in [-0.1, -0.05) is 11.6 Å². The molecule has 3 rings (SSSR count). The third-order valence-electron chi connectivity index (χ3n) is 4.44. The zero-order chi connectivity index (χ0) is 18.0. The van der Waals surface area contributed by atoms with Gasteiger partial charge < -0.3 is 15.3 Å². The number of hydrogen-bond acceptors (Lipinski definition) is 5. The van der Waals surface area contributed by atoms with E-state index in [1.165, 1.54) is 0 Å². The van der Waals surface area contributed by atoms with Gasteiger partial charge in [0.15, 0.2) is 0 Å². The van der Waals surface area contributed by atoms with Crippen LogP contribution in [0.25, 0.3) is 0 Å². The first kappa shape index (κ1) is 17.5. The Morgan fingerprint density at radius 2 is 1.96 bits per heavy atom. The maximum Gasteiger partial charge on any atom is 0.306 e. The van der Waals surface area contributed by atoms with E-state index in [9.17, 15) is 4.79 Å². The van der Waals surface area contributed by atoms with Gasteiger partial charge in [0, 0.05) is 29.9 Å². The Kier molecular flexibility index (Phi) is 5.08. The molecule has 1 aromatic heterocycles. The zero-order valence-corrected chi connectivity index (χ0v) is 15.0. The molecule has 7 heteroatoms. The van der Waals surface area contributed by atoms with Crippen LogP contribution in [0, 0.1) is 19.8 Å². The largest absolute Gasteiger partial charge is 0.481 e. The minimum Gasteiger partial charge on any atom is -0.481 e. The lowest BCUT2D eigenvalue weighted by atomic mass is 9.97. The van der Waals surface area contributed by atoms with Crippen molar-refractivity contribution in [2.45, 2.75) is 26.7 Å². The fourth-order valence-electron chi connectivity index (χ4n) is 3.04. The fraction of sp³-hybridized carbons (Fsp3) is 0.389. The molecule has 0 amide bonds. The number of piperidine rings is 1. The highest BCUT2D eigenvalue weighted by Gasteiger charge is 2.25. The second kappa shape index (κ2) is 7.27. The summed E-state index contributed by atoms with van der Waals surface area (Å²) in [6, 6.07) is 7.56. The molecule has 132 valence electrons. The molecule has 2 aromatic rings. The van der Waals surface area contributed by atoms with E-state index in [0.717, 1.165) is 17.1 Å².